The quantitative estimate of drug-likeness (QED) is 0.731. The molecule has 2 atom stereocenters. The van der Waals surface area contributed by atoms with E-state index >= 15 is 0 Å². The van der Waals surface area contributed by atoms with E-state index in [1.165, 1.54) is 0 Å². The summed E-state index contributed by atoms with van der Waals surface area (Å²) in [7, 11) is 0. The van der Waals surface area contributed by atoms with Gasteiger partial charge in [0.25, 0.3) is 0 Å². The maximum Gasteiger partial charge on any atom is 0.133 e. The molecule has 0 bridgehead atoms. The summed E-state index contributed by atoms with van der Waals surface area (Å²) in [6.07, 6.45) is 2.08. The van der Waals surface area contributed by atoms with Gasteiger partial charge in [0, 0.05) is 19.2 Å². The lowest BCUT2D eigenvalue weighted by atomic mass is 10.2. The Bertz CT molecular complexity index is 337. The van der Waals surface area contributed by atoms with E-state index in [1.807, 2.05) is 6.07 Å². The van der Waals surface area contributed by atoms with Crippen molar-refractivity contribution < 1.29 is 4.74 Å². The molecule has 1 aromatic heterocycles. The van der Waals surface area contributed by atoms with Crippen molar-refractivity contribution in [2.75, 3.05) is 18.0 Å². The summed E-state index contributed by atoms with van der Waals surface area (Å²) in [5.41, 5.74) is 0. The molecule has 1 fully saturated rings. The highest BCUT2D eigenvalue weighted by Crippen LogP contribution is 2.19. The van der Waals surface area contributed by atoms with Gasteiger partial charge in [-0.15, -0.1) is 0 Å². The number of hydrogen-bond acceptors (Lipinski definition) is 4. The Morgan fingerprint density at radius 1 is 1.33 bits per heavy atom. The van der Waals surface area contributed by atoms with E-state index in [9.17, 15) is 0 Å². The Kier molecular flexibility index (Phi) is 3.21. The van der Waals surface area contributed by atoms with Crippen molar-refractivity contribution in [3.05, 3.63) is 17.0 Å². The van der Waals surface area contributed by atoms with Gasteiger partial charge in [0.2, 0.25) is 0 Å². The molecule has 2 rings (SSSR count). The van der Waals surface area contributed by atoms with Crippen LogP contribution in [0.25, 0.3) is 0 Å². The van der Waals surface area contributed by atoms with Crippen molar-refractivity contribution >= 4 is 21.7 Å². The van der Waals surface area contributed by atoms with Gasteiger partial charge in [-0.25, -0.2) is 9.97 Å². The Labute approximate surface area is 97.8 Å². The largest absolute Gasteiger partial charge is 0.372 e. The van der Waals surface area contributed by atoms with Crippen LogP contribution in [0.15, 0.2) is 17.0 Å². The van der Waals surface area contributed by atoms with Crippen molar-refractivity contribution in [2.24, 2.45) is 0 Å². The molecule has 0 spiro atoms. The summed E-state index contributed by atoms with van der Waals surface area (Å²) in [6.45, 7) is 5.93. The number of ether oxygens (including phenoxy) is 1. The average molecular weight is 272 g/mol. The zero-order valence-electron chi connectivity index (χ0n) is 8.85. The molecular weight excluding hydrogens is 258 g/mol. The molecule has 1 aliphatic rings. The van der Waals surface area contributed by atoms with Gasteiger partial charge in [0.1, 0.15) is 16.7 Å². The molecule has 0 radical (unpaired) electrons. The number of nitrogens with zero attached hydrogens (tertiary/aromatic N) is 3. The first-order valence-electron chi connectivity index (χ1n) is 5.03. The van der Waals surface area contributed by atoms with Crippen molar-refractivity contribution in [3.63, 3.8) is 0 Å². The van der Waals surface area contributed by atoms with Crippen LogP contribution in [-0.2, 0) is 4.74 Å². The van der Waals surface area contributed by atoms with E-state index < -0.39 is 0 Å². The van der Waals surface area contributed by atoms with Crippen molar-refractivity contribution in [3.8, 4) is 0 Å². The zero-order chi connectivity index (χ0) is 10.8. The summed E-state index contributed by atoms with van der Waals surface area (Å²) in [5, 5.41) is 0. The van der Waals surface area contributed by atoms with Crippen LogP contribution < -0.4 is 4.90 Å². The molecule has 0 N–H and O–H groups in total. The molecule has 4 nitrogen and oxygen atoms in total. The van der Waals surface area contributed by atoms with E-state index in [4.69, 9.17) is 4.74 Å². The van der Waals surface area contributed by atoms with Crippen LogP contribution >= 0.6 is 15.9 Å². The highest BCUT2D eigenvalue weighted by Gasteiger charge is 2.23. The Balaban J connectivity index is 2.16. The third-order valence-corrected chi connectivity index (χ3v) is 2.80. The zero-order valence-corrected chi connectivity index (χ0v) is 10.4. The molecule has 0 aromatic carbocycles. The maximum atomic E-state index is 5.67. The standard InChI is InChI=1S/C10H14BrN3O/c1-7-4-14(5-8(2)15-7)10-3-9(11)12-6-13-10/h3,6-8H,4-5H2,1-2H3/t7-,8+. The van der Waals surface area contributed by atoms with Gasteiger partial charge in [-0.1, -0.05) is 0 Å². The smallest absolute Gasteiger partial charge is 0.133 e. The van der Waals surface area contributed by atoms with Crippen LogP contribution in [0, 0.1) is 0 Å². The lowest BCUT2D eigenvalue weighted by Gasteiger charge is -2.35. The topological polar surface area (TPSA) is 38.2 Å². The van der Waals surface area contributed by atoms with Gasteiger partial charge >= 0.3 is 0 Å². The number of aromatic nitrogens is 2. The normalized spacial score (nSPS) is 26.7. The minimum atomic E-state index is 0.252. The minimum absolute atomic E-state index is 0.252. The highest BCUT2D eigenvalue weighted by molar-refractivity contribution is 9.10. The van der Waals surface area contributed by atoms with Crippen LogP contribution in [0.1, 0.15) is 13.8 Å². The van der Waals surface area contributed by atoms with Crippen LogP contribution in [-0.4, -0.2) is 35.3 Å². The van der Waals surface area contributed by atoms with E-state index in [-0.39, 0.29) is 12.2 Å². The van der Waals surface area contributed by atoms with Gasteiger partial charge in [-0.3, -0.25) is 0 Å². The molecule has 0 saturated carbocycles. The highest BCUT2D eigenvalue weighted by atomic mass is 79.9. The number of rotatable bonds is 1. The second-order valence-electron chi connectivity index (χ2n) is 3.86. The average Bonchev–Trinajstić information content (AvgIpc) is 2.16. The van der Waals surface area contributed by atoms with E-state index in [0.29, 0.717) is 0 Å². The Hall–Kier alpha value is -0.680. The first kappa shape index (κ1) is 10.8. The van der Waals surface area contributed by atoms with E-state index in [2.05, 4.69) is 44.6 Å². The SMILES string of the molecule is C[C@@H]1CN(c2cc(Br)ncn2)C[C@H](C)O1. The number of morpholine rings is 1. The predicted octanol–water partition coefficient (Wildman–Crippen LogP) is 1.85. The molecule has 0 aliphatic carbocycles. The van der Waals surface area contributed by atoms with Crippen LogP contribution in [0.3, 0.4) is 0 Å². The maximum absolute atomic E-state index is 5.67. The van der Waals surface area contributed by atoms with Crippen molar-refractivity contribution in [1.29, 1.82) is 0 Å². The molecule has 2 heterocycles. The summed E-state index contributed by atoms with van der Waals surface area (Å²) >= 11 is 3.35. The summed E-state index contributed by atoms with van der Waals surface area (Å²) in [5.74, 6) is 0.957. The molecule has 1 aliphatic heterocycles. The fraction of sp³-hybridized carbons (Fsp3) is 0.600. The first-order chi connectivity index (χ1) is 7.15. The first-order valence-corrected chi connectivity index (χ1v) is 5.82. The number of halogens is 1. The van der Waals surface area contributed by atoms with Gasteiger partial charge in [0.15, 0.2) is 0 Å². The van der Waals surface area contributed by atoms with E-state index in [0.717, 1.165) is 23.5 Å². The molecule has 0 amide bonds. The number of anilines is 1. The molecule has 1 aromatic rings. The molecule has 1 saturated heterocycles. The molecule has 0 unspecified atom stereocenters. The summed E-state index contributed by atoms with van der Waals surface area (Å²) in [4.78, 5) is 10.5. The third kappa shape index (κ3) is 2.66. The second-order valence-corrected chi connectivity index (χ2v) is 4.67. The van der Waals surface area contributed by atoms with E-state index in [1.54, 1.807) is 6.33 Å². The third-order valence-electron chi connectivity index (χ3n) is 2.36. The lowest BCUT2D eigenvalue weighted by Crippen LogP contribution is -2.45. The van der Waals surface area contributed by atoms with Crippen molar-refractivity contribution in [2.45, 2.75) is 26.1 Å². The van der Waals surface area contributed by atoms with Gasteiger partial charge in [-0.2, -0.15) is 0 Å². The molecule has 82 valence electrons. The van der Waals surface area contributed by atoms with Crippen LogP contribution in [0.4, 0.5) is 5.82 Å². The molecule has 15 heavy (non-hydrogen) atoms. The van der Waals surface area contributed by atoms with Gasteiger partial charge in [-0.05, 0) is 29.8 Å². The Morgan fingerprint density at radius 2 is 2.00 bits per heavy atom. The second kappa shape index (κ2) is 4.45. The molecule has 5 heteroatoms. The van der Waals surface area contributed by atoms with Gasteiger partial charge < -0.3 is 9.64 Å². The van der Waals surface area contributed by atoms with Crippen molar-refractivity contribution in [1.82, 2.24) is 9.97 Å². The van der Waals surface area contributed by atoms with Gasteiger partial charge in [0.05, 0.1) is 12.2 Å². The summed E-state index contributed by atoms with van der Waals surface area (Å²) in [6, 6.07) is 1.94. The molecular formula is C10H14BrN3O. The predicted molar refractivity (Wildman–Crippen MR) is 62.0 cm³/mol. The monoisotopic (exact) mass is 271 g/mol. The van der Waals surface area contributed by atoms with Crippen LogP contribution in [0.5, 0.6) is 0 Å². The summed E-state index contributed by atoms with van der Waals surface area (Å²) < 4.78 is 6.49. The minimum Gasteiger partial charge on any atom is -0.372 e. The fourth-order valence-corrected chi connectivity index (χ4v) is 2.16. The number of hydrogen-bond donors (Lipinski definition) is 0. The fourth-order valence-electron chi connectivity index (χ4n) is 1.86. The lowest BCUT2D eigenvalue weighted by molar-refractivity contribution is -0.00547. The Morgan fingerprint density at radius 3 is 2.60 bits per heavy atom. The van der Waals surface area contributed by atoms with Crippen LogP contribution in [0.2, 0.25) is 0 Å².